The number of hydrogen-bond donors (Lipinski definition) is 1. The van der Waals surface area contributed by atoms with Crippen LogP contribution in [-0.2, 0) is 25.8 Å². The lowest BCUT2D eigenvalue weighted by Gasteiger charge is -2.40. The van der Waals surface area contributed by atoms with E-state index in [2.05, 4.69) is 10.3 Å². The molecule has 3 aromatic rings. The van der Waals surface area contributed by atoms with Gasteiger partial charge in [0.25, 0.3) is 5.91 Å². The number of nitrogens with zero attached hydrogens (tertiary/aromatic N) is 6. The van der Waals surface area contributed by atoms with Crippen molar-refractivity contribution in [2.24, 2.45) is 11.8 Å². The molecule has 1 unspecified atom stereocenters. The van der Waals surface area contributed by atoms with Crippen LogP contribution >= 0.6 is 0 Å². The summed E-state index contributed by atoms with van der Waals surface area (Å²) in [6.07, 6.45) is 8.83. The molecule has 2 fully saturated rings. The van der Waals surface area contributed by atoms with Gasteiger partial charge in [-0.2, -0.15) is 0 Å². The minimum Gasteiger partial charge on any atom is -0.394 e. The molecule has 6 atom stereocenters. The van der Waals surface area contributed by atoms with E-state index >= 15 is 0 Å². The molecule has 11 heteroatoms. The number of carbonyl (C=O) groups excluding carboxylic acids is 3. The first kappa shape index (κ1) is 29.4. The highest BCUT2D eigenvalue weighted by Crippen LogP contribution is 2.59. The van der Waals surface area contributed by atoms with Crippen LogP contribution in [0.15, 0.2) is 78.9 Å². The monoisotopic (exact) mass is 610 g/mol. The van der Waals surface area contributed by atoms with Crippen LogP contribution in [0.1, 0.15) is 38.3 Å². The Balaban J connectivity index is 1.37. The van der Waals surface area contributed by atoms with Crippen molar-refractivity contribution in [1.82, 2.24) is 29.7 Å². The second kappa shape index (κ2) is 11.2. The molecule has 45 heavy (non-hydrogen) atoms. The van der Waals surface area contributed by atoms with Gasteiger partial charge in [0.15, 0.2) is 0 Å². The normalized spacial score (nSPS) is 30.0. The molecule has 4 aliphatic rings. The topological polar surface area (TPSA) is 121 Å². The van der Waals surface area contributed by atoms with Gasteiger partial charge < -0.3 is 24.5 Å². The van der Waals surface area contributed by atoms with Gasteiger partial charge in [0.1, 0.15) is 23.8 Å². The maximum absolute atomic E-state index is 14.9. The molecule has 5 heterocycles. The SMILES string of the molecule is CCCN1CC=C[C@@]2(CC)O[C@]34C=CCN(Cn5nnc6ccccc65)C(=O)C3N([C@H](CO)c3ccccc3)C(=O)[C@@H]4[C@H]2C1=O. The molecule has 2 aromatic carbocycles. The van der Waals surface area contributed by atoms with Crippen molar-refractivity contribution < 1.29 is 24.2 Å². The largest absolute Gasteiger partial charge is 0.394 e. The molecule has 234 valence electrons. The summed E-state index contributed by atoms with van der Waals surface area (Å²) in [7, 11) is 0. The van der Waals surface area contributed by atoms with E-state index in [-0.39, 0.29) is 30.9 Å². The highest BCUT2D eigenvalue weighted by molar-refractivity contribution is 6.00. The predicted molar refractivity (Wildman–Crippen MR) is 165 cm³/mol. The van der Waals surface area contributed by atoms with Gasteiger partial charge in [-0.15, -0.1) is 5.10 Å². The number of para-hydroxylation sites is 1. The van der Waals surface area contributed by atoms with Gasteiger partial charge in [-0.25, -0.2) is 4.68 Å². The van der Waals surface area contributed by atoms with Gasteiger partial charge in [-0.05, 0) is 30.5 Å². The molecule has 0 aliphatic carbocycles. The number of carbonyl (C=O) groups is 3. The van der Waals surface area contributed by atoms with E-state index in [1.54, 1.807) is 14.5 Å². The molecule has 0 saturated carbocycles. The maximum atomic E-state index is 14.9. The first-order chi connectivity index (χ1) is 21.9. The van der Waals surface area contributed by atoms with Gasteiger partial charge in [-0.1, -0.05) is 85.8 Å². The average molecular weight is 611 g/mol. The van der Waals surface area contributed by atoms with Crippen LogP contribution in [0.3, 0.4) is 0 Å². The highest BCUT2D eigenvalue weighted by atomic mass is 16.5. The third kappa shape index (κ3) is 4.35. The third-order valence-corrected chi connectivity index (χ3v) is 9.96. The summed E-state index contributed by atoms with van der Waals surface area (Å²) in [5.74, 6) is -2.63. The Kier molecular flexibility index (Phi) is 7.32. The summed E-state index contributed by atoms with van der Waals surface area (Å²) in [4.78, 5) is 49.1. The van der Waals surface area contributed by atoms with Crippen molar-refractivity contribution in [2.75, 3.05) is 26.2 Å². The van der Waals surface area contributed by atoms with Crippen LogP contribution in [0, 0.1) is 11.8 Å². The number of benzene rings is 2. The number of ether oxygens (including phenoxy) is 1. The molecule has 1 N–H and O–H groups in total. The summed E-state index contributed by atoms with van der Waals surface area (Å²) < 4.78 is 8.75. The minimum atomic E-state index is -1.43. The summed E-state index contributed by atoms with van der Waals surface area (Å²) >= 11 is 0. The smallest absolute Gasteiger partial charge is 0.250 e. The van der Waals surface area contributed by atoms with E-state index in [0.717, 1.165) is 11.9 Å². The van der Waals surface area contributed by atoms with Crippen LogP contribution < -0.4 is 0 Å². The Morgan fingerprint density at radius 2 is 1.64 bits per heavy atom. The van der Waals surface area contributed by atoms with Crippen LogP contribution in [0.2, 0.25) is 0 Å². The molecular weight excluding hydrogens is 572 g/mol. The highest BCUT2D eigenvalue weighted by Gasteiger charge is 2.76. The van der Waals surface area contributed by atoms with E-state index in [0.29, 0.717) is 30.6 Å². The van der Waals surface area contributed by atoms with Crippen LogP contribution in [0.25, 0.3) is 11.0 Å². The number of hydrogen-bond acceptors (Lipinski definition) is 7. The number of aliphatic hydroxyl groups is 1. The lowest BCUT2D eigenvalue weighted by Crippen LogP contribution is -2.57. The van der Waals surface area contributed by atoms with Crippen LogP contribution in [0.4, 0.5) is 0 Å². The standard InChI is InChI=1S/C34H38N6O5/c1-3-18-37-19-10-16-33(4-2)27(30(37)42)28-31(43)40(26(21-41)23-12-6-5-7-13-23)29-32(44)38(20-11-17-34(28,29)45-33)22-39-25-15-9-8-14-24(25)35-36-39/h5-17,26-29,41H,3-4,18-22H2,1-2H3/t26-,27+,28+,29?,33-,34+/m1/s1. The van der Waals surface area contributed by atoms with Crippen molar-refractivity contribution in [3.8, 4) is 0 Å². The lowest BCUT2D eigenvalue weighted by atomic mass is 9.73. The van der Waals surface area contributed by atoms with E-state index in [1.807, 2.05) is 92.7 Å². The fraction of sp³-hybridized carbons (Fsp3) is 0.441. The van der Waals surface area contributed by atoms with Crippen molar-refractivity contribution in [1.29, 1.82) is 0 Å². The minimum absolute atomic E-state index is 0.101. The zero-order valence-corrected chi connectivity index (χ0v) is 25.5. The van der Waals surface area contributed by atoms with Gasteiger partial charge in [-0.3, -0.25) is 14.4 Å². The Morgan fingerprint density at radius 1 is 0.911 bits per heavy atom. The molecule has 0 radical (unpaired) electrons. The number of aromatic nitrogens is 3. The second-order valence-corrected chi connectivity index (χ2v) is 12.3. The summed E-state index contributed by atoms with van der Waals surface area (Å²) in [6.45, 7) is 4.91. The van der Waals surface area contributed by atoms with Crippen LogP contribution in [0.5, 0.6) is 0 Å². The first-order valence-electron chi connectivity index (χ1n) is 15.8. The van der Waals surface area contributed by atoms with Gasteiger partial charge >= 0.3 is 0 Å². The predicted octanol–water partition coefficient (Wildman–Crippen LogP) is 2.69. The molecule has 11 nitrogen and oxygen atoms in total. The van der Waals surface area contributed by atoms with Crippen LogP contribution in [-0.4, -0.2) is 96.0 Å². The molecule has 1 spiro atoms. The number of likely N-dealkylation sites (tertiary alicyclic amines) is 1. The van der Waals surface area contributed by atoms with Crippen molar-refractivity contribution in [3.05, 3.63) is 84.5 Å². The number of fused-ring (bicyclic) bond motifs is 3. The number of rotatable bonds is 8. The summed E-state index contributed by atoms with van der Waals surface area (Å²) in [5.41, 5.74) is -0.308. The quantitative estimate of drug-likeness (QED) is 0.390. The van der Waals surface area contributed by atoms with Gasteiger partial charge in [0, 0.05) is 19.6 Å². The molecule has 4 aliphatic heterocycles. The molecule has 3 amide bonds. The third-order valence-electron chi connectivity index (χ3n) is 9.96. The van der Waals surface area contributed by atoms with E-state index in [9.17, 15) is 19.5 Å². The van der Waals surface area contributed by atoms with E-state index in [4.69, 9.17) is 4.74 Å². The zero-order valence-electron chi connectivity index (χ0n) is 25.5. The zero-order chi connectivity index (χ0) is 31.3. The average Bonchev–Trinajstić information content (AvgIpc) is 3.60. The molecule has 0 bridgehead atoms. The number of aliphatic hydroxyl groups excluding tert-OH is 1. The molecular formula is C34H38N6O5. The first-order valence-corrected chi connectivity index (χ1v) is 15.8. The van der Waals surface area contributed by atoms with Gasteiger partial charge in [0.2, 0.25) is 11.8 Å². The molecule has 1 aromatic heterocycles. The molecule has 7 rings (SSSR count). The summed E-state index contributed by atoms with van der Waals surface area (Å²) in [6, 6.07) is 14.8. The van der Waals surface area contributed by atoms with E-state index < -0.39 is 41.7 Å². The Labute approximate surface area is 261 Å². The Hall–Kier alpha value is -4.35. The second-order valence-electron chi connectivity index (χ2n) is 12.3. The Morgan fingerprint density at radius 3 is 2.40 bits per heavy atom. The molecule has 2 saturated heterocycles. The van der Waals surface area contributed by atoms with Crippen molar-refractivity contribution in [2.45, 2.75) is 56.6 Å². The fourth-order valence-electron chi connectivity index (χ4n) is 7.94. The number of amides is 3. The fourth-order valence-corrected chi connectivity index (χ4v) is 7.94. The Bertz CT molecular complexity index is 1690. The van der Waals surface area contributed by atoms with E-state index in [1.165, 1.54) is 4.90 Å². The van der Waals surface area contributed by atoms with Crippen molar-refractivity contribution in [3.63, 3.8) is 0 Å². The van der Waals surface area contributed by atoms with Gasteiger partial charge in [0.05, 0.1) is 35.6 Å². The lowest BCUT2D eigenvalue weighted by molar-refractivity contribution is -0.158. The van der Waals surface area contributed by atoms with Crippen molar-refractivity contribution >= 4 is 28.8 Å². The summed E-state index contributed by atoms with van der Waals surface area (Å²) in [5, 5.41) is 19.4. The maximum Gasteiger partial charge on any atom is 0.250 e.